The first kappa shape index (κ1) is 21.6. The predicted molar refractivity (Wildman–Crippen MR) is 90.0 cm³/mol. The lowest BCUT2D eigenvalue weighted by Gasteiger charge is -2.15. The Hall–Kier alpha value is -1.36. The Labute approximate surface area is 140 Å². The zero-order chi connectivity index (χ0) is 17.5. The number of aliphatic hydroxyl groups excluding tert-OH is 1. The molecule has 0 aromatic rings. The summed E-state index contributed by atoms with van der Waals surface area (Å²) >= 11 is 0. The maximum Gasteiger partial charge on any atom is 0.333 e. The summed E-state index contributed by atoms with van der Waals surface area (Å²) in [6.07, 6.45) is 9.15. The minimum atomic E-state index is -0.810. The Bertz CT molecular complexity index is 362. The number of esters is 2. The van der Waals surface area contributed by atoms with Gasteiger partial charge in [-0.2, -0.15) is 0 Å². The van der Waals surface area contributed by atoms with Gasteiger partial charge in [0.2, 0.25) is 0 Å². The molecule has 0 unspecified atom stereocenters. The van der Waals surface area contributed by atoms with Crippen molar-refractivity contribution in [3.05, 3.63) is 11.6 Å². The van der Waals surface area contributed by atoms with E-state index in [0.29, 0.717) is 12.0 Å². The Morgan fingerprint density at radius 2 is 1.70 bits per heavy atom. The number of rotatable bonds is 13. The second-order valence-electron chi connectivity index (χ2n) is 5.74. The quantitative estimate of drug-likeness (QED) is 0.318. The summed E-state index contributed by atoms with van der Waals surface area (Å²) in [7, 11) is 0. The van der Waals surface area contributed by atoms with E-state index in [2.05, 4.69) is 6.92 Å². The maximum atomic E-state index is 11.6. The number of unbranched alkanes of at least 4 members (excludes halogenated alkanes) is 6. The van der Waals surface area contributed by atoms with E-state index in [1.807, 2.05) is 0 Å². The standard InChI is InChI=1S/C18H32O5/c1-4-6-7-8-9-10-11-12-17(20)22-14-16(13-19)23-18(21)15(3)5-2/h5,16,19H,4,6-14H2,1-3H3/b15-5-/t16-/m0/s1. The average Bonchev–Trinajstić information content (AvgIpc) is 2.56. The van der Waals surface area contributed by atoms with E-state index < -0.39 is 12.1 Å². The molecule has 0 aliphatic heterocycles. The molecule has 134 valence electrons. The molecule has 0 saturated heterocycles. The van der Waals surface area contributed by atoms with E-state index >= 15 is 0 Å². The van der Waals surface area contributed by atoms with Crippen LogP contribution in [0.15, 0.2) is 11.6 Å². The van der Waals surface area contributed by atoms with Crippen molar-refractivity contribution in [2.75, 3.05) is 13.2 Å². The number of hydrogen-bond donors (Lipinski definition) is 1. The molecule has 5 nitrogen and oxygen atoms in total. The normalized spacial score (nSPS) is 12.8. The molecule has 1 atom stereocenters. The number of carbonyl (C=O) groups excluding carboxylic acids is 2. The van der Waals surface area contributed by atoms with E-state index in [1.54, 1.807) is 19.9 Å². The van der Waals surface area contributed by atoms with Gasteiger partial charge >= 0.3 is 11.9 Å². The fourth-order valence-corrected chi connectivity index (χ4v) is 1.97. The van der Waals surface area contributed by atoms with Crippen molar-refractivity contribution in [3.63, 3.8) is 0 Å². The number of ether oxygens (including phenoxy) is 2. The molecule has 0 saturated carbocycles. The van der Waals surface area contributed by atoms with Gasteiger partial charge in [-0.3, -0.25) is 4.79 Å². The molecule has 0 heterocycles. The summed E-state index contributed by atoms with van der Waals surface area (Å²) in [6, 6.07) is 0. The number of aliphatic hydroxyl groups is 1. The third-order valence-corrected chi connectivity index (χ3v) is 3.65. The van der Waals surface area contributed by atoms with E-state index in [0.717, 1.165) is 19.3 Å². The van der Waals surface area contributed by atoms with Gasteiger partial charge < -0.3 is 14.6 Å². The molecule has 0 aromatic heterocycles. The van der Waals surface area contributed by atoms with Crippen molar-refractivity contribution in [1.82, 2.24) is 0 Å². The molecule has 23 heavy (non-hydrogen) atoms. The highest BCUT2D eigenvalue weighted by Gasteiger charge is 2.16. The van der Waals surface area contributed by atoms with Crippen molar-refractivity contribution < 1.29 is 24.2 Å². The smallest absolute Gasteiger partial charge is 0.333 e. The van der Waals surface area contributed by atoms with Gasteiger partial charge in [-0.1, -0.05) is 51.5 Å². The highest BCUT2D eigenvalue weighted by atomic mass is 16.6. The van der Waals surface area contributed by atoms with Gasteiger partial charge in [-0.05, 0) is 20.3 Å². The lowest BCUT2D eigenvalue weighted by molar-refractivity contribution is -0.158. The number of allylic oxidation sites excluding steroid dienone is 1. The van der Waals surface area contributed by atoms with Crippen LogP contribution >= 0.6 is 0 Å². The first-order valence-corrected chi connectivity index (χ1v) is 8.65. The van der Waals surface area contributed by atoms with Gasteiger partial charge in [0.25, 0.3) is 0 Å². The summed E-state index contributed by atoms with van der Waals surface area (Å²) in [5.41, 5.74) is 0.456. The van der Waals surface area contributed by atoms with Crippen LogP contribution < -0.4 is 0 Å². The highest BCUT2D eigenvalue weighted by molar-refractivity contribution is 5.87. The molecule has 0 aliphatic rings. The van der Waals surface area contributed by atoms with E-state index in [9.17, 15) is 14.7 Å². The molecule has 0 rings (SSSR count). The monoisotopic (exact) mass is 328 g/mol. The first-order chi connectivity index (χ1) is 11.0. The molecule has 0 fully saturated rings. The van der Waals surface area contributed by atoms with Crippen molar-refractivity contribution in [2.24, 2.45) is 0 Å². The zero-order valence-electron chi connectivity index (χ0n) is 14.8. The molecular weight excluding hydrogens is 296 g/mol. The zero-order valence-corrected chi connectivity index (χ0v) is 14.8. The summed E-state index contributed by atoms with van der Waals surface area (Å²) in [6.45, 7) is 5.07. The largest absolute Gasteiger partial charge is 0.462 e. The van der Waals surface area contributed by atoms with E-state index in [1.165, 1.54) is 25.7 Å². The van der Waals surface area contributed by atoms with Crippen molar-refractivity contribution >= 4 is 11.9 Å². The van der Waals surface area contributed by atoms with Gasteiger partial charge in [0.15, 0.2) is 6.10 Å². The molecule has 0 aromatic carbocycles. The summed E-state index contributed by atoms with van der Waals surface area (Å²) in [4.78, 5) is 23.2. The molecule has 0 radical (unpaired) electrons. The molecule has 0 bridgehead atoms. The number of hydrogen-bond acceptors (Lipinski definition) is 5. The maximum absolute atomic E-state index is 11.6. The van der Waals surface area contributed by atoms with Crippen LogP contribution in [0.25, 0.3) is 0 Å². The molecular formula is C18H32O5. The van der Waals surface area contributed by atoms with Crippen molar-refractivity contribution in [1.29, 1.82) is 0 Å². The average molecular weight is 328 g/mol. The van der Waals surface area contributed by atoms with Crippen LogP contribution in [0.4, 0.5) is 0 Å². The fraction of sp³-hybridized carbons (Fsp3) is 0.778. The van der Waals surface area contributed by atoms with Crippen molar-refractivity contribution in [3.8, 4) is 0 Å². The van der Waals surface area contributed by atoms with Gasteiger partial charge in [0, 0.05) is 12.0 Å². The second-order valence-corrected chi connectivity index (χ2v) is 5.74. The Kier molecular flexibility index (Phi) is 13.4. The van der Waals surface area contributed by atoms with E-state index in [4.69, 9.17) is 9.47 Å². The minimum Gasteiger partial charge on any atom is -0.462 e. The lowest BCUT2D eigenvalue weighted by atomic mass is 10.1. The van der Waals surface area contributed by atoms with Crippen LogP contribution in [-0.2, 0) is 19.1 Å². The van der Waals surface area contributed by atoms with E-state index in [-0.39, 0.29) is 19.2 Å². The molecule has 5 heteroatoms. The third-order valence-electron chi connectivity index (χ3n) is 3.65. The van der Waals surface area contributed by atoms with Crippen LogP contribution in [0.3, 0.4) is 0 Å². The van der Waals surface area contributed by atoms with Crippen LogP contribution in [0.2, 0.25) is 0 Å². The SMILES string of the molecule is C/C=C(/C)C(=O)O[C@@H](CO)COC(=O)CCCCCCCCC. The third kappa shape index (κ3) is 11.8. The molecule has 0 aliphatic carbocycles. The van der Waals surface area contributed by atoms with Crippen LogP contribution in [0, 0.1) is 0 Å². The lowest BCUT2D eigenvalue weighted by Crippen LogP contribution is -2.28. The predicted octanol–water partition coefficient (Wildman–Crippen LogP) is 3.54. The van der Waals surface area contributed by atoms with Gasteiger partial charge in [0.1, 0.15) is 6.61 Å². The van der Waals surface area contributed by atoms with Crippen LogP contribution in [0.1, 0.15) is 72.1 Å². The summed E-state index contributed by atoms with van der Waals surface area (Å²) in [5.74, 6) is -0.814. The van der Waals surface area contributed by atoms with Gasteiger partial charge in [-0.25, -0.2) is 4.79 Å². The second kappa shape index (κ2) is 14.2. The van der Waals surface area contributed by atoms with Crippen molar-refractivity contribution in [2.45, 2.75) is 78.2 Å². The Morgan fingerprint density at radius 1 is 1.09 bits per heavy atom. The molecule has 0 spiro atoms. The highest BCUT2D eigenvalue weighted by Crippen LogP contribution is 2.09. The topological polar surface area (TPSA) is 72.8 Å². The fourth-order valence-electron chi connectivity index (χ4n) is 1.97. The first-order valence-electron chi connectivity index (χ1n) is 8.65. The summed E-state index contributed by atoms with van der Waals surface area (Å²) < 4.78 is 10.1. The Balaban J connectivity index is 3.78. The summed E-state index contributed by atoms with van der Waals surface area (Å²) in [5, 5.41) is 9.17. The minimum absolute atomic E-state index is 0.103. The van der Waals surface area contributed by atoms with Crippen LogP contribution in [-0.4, -0.2) is 36.4 Å². The molecule has 1 N–H and O–H groups in total. The molecule has 0 amide bonds. The Morgan fingerprint density at radius 3 is 2.26 bits per heavy atom. The van der Waals surface area contributed by atoms with Gasteiger partial charge in [0.05, 0.1) is 6.61 Å². The van der Waals surface area contributed by atoms with Gasteiger partial charge in [-0.15, -0.1) is 0 Å². The number of carbonyl (C=O) groups is 2. The van der Waals surface area contributed by atoms with Crippen LogP contribution in [0.5, 0.6) is 0 Å².